The van der Waals surface area contributed by atoms with Gasteiger partial charge in [0.15, 0.2) is 0 Å². The molecule has 0 atom stereocenters. The first-order chi connectivity index (χ1) is 7.67. The van der Waals surface area contributed by atoms with E-state index in [9.17, 15) is 4.79 Å². The minimum atomic E-state index is -0.00799. The van der Waals surface area contributed by atoms with E-state index in [1.54, 1.807) is 4.90 Å². The van der Waals surface area contributed by atoms with Gasteiger partial charge in [-0.3, -0.25) is 4.79 Å². The topological polar surface area (TPSA) is 44.1 Å². The summed E-state index contributed by atoms with van der Waals surface area (Å²) in [7, 11) is 0. The molecule has 0 unspecified atom stereocenters. The van der Waals surface area contributed by atoms with Crippen LogP contribution in [0.25, 0.3) is 0 Å². The van der Waals surface area contributed by atoms with Gasteiger partial charge in [-0.05, 0) is 24.6 Å². The molecule has 0 saturated carbocycles. The summed E-state index contributed by atoms with van der Waals surface area (Å²) in [5, 5.41) is 8.57. The Kier molecular flexibility index (Phi) is 5.00. The standard InChI is InChI=1S/C12H13BrN2O/c1-2-15(8-7-14)12(16)9-10-3-5-11(13)6-4-10/h3-6H,2,8-9H2,1H3. The van der Waals surface area contributed by atoms with Crippen molar-refractivity contribution in [3.8, 4) is 6.07 Å². The van der Waals surface area contributed by atoms with E-state index in [0.717, 1.165) is 10.0 Å². The van der Waals surface area contributed by atoms with Crippen LogP contribution < -0.4 is 0 Å². The summed E-state index contributed by atoms with van der Waals surface area (Å²) in [6.45, 7) is 2.60. The van der Waals surface area contributed by atoms with E-state index in [-0.39, 0.29) is 12.5 Å². The maximum atomic E-state index is 11.8. The number of hydrogen-bond acceptors (Lipinski definition) is 2. The van der Waals surface area contributed by atoms with Crippen LogP contribution in [0.1, 0.15) is 12.5 Å². The number of likely N-dealkylation sites (N-methyl/N-ethyl adjacent to an activating group) is 1. The lowest BCUT2D eigenvalue weighted by Gasteiger charge is -2.16. The molecule has 0 saturated heterocycles. The van der Waals surface area contributed by atoms with Crippen LogP contribution in [0.3, 0.4) is 0 Å². The van der Waals surface area contributed by atoms with E-state index in [1.807, 2.05) is 37.3 Å². The zero-order valence-electron chi connectivity index (χ0n) is 9.11. The number of carbonyl (C=O) groups excluding carboxylic acids is 1. The molecule has 0 radical (unpaired) electrons. The normalized spacial score (nSPS) is 9.56. The highest BCUT2D eigenvalue weighted by atomic mass is 79.9. The number of halogens is 1. The lowest BCUT2D eigenvalue weighted by molar-refractivity contribution is -0.129. The fourth-order valence-corrected chi connectivity index (χ4v) is 1.61. The van der Waals surface area contributed by atoms with Gasteiger partial charge < -0.3 is 4.90 Å². The van der Waals surface area contributed by atoms with Gasteiger partial charge in [-0.15, -0.1) is 0 Å². The number of nitriles is 1. The molecule has 4 heteroatoms. The van der Waals surface area contributed by atoms with Gasteiger partial charge in [0.05, 0.1) is 12.5 Å². The summed E-state index contributed by atoms with van der Waals surface area (Å²) in [5.41, 5.74) is 0.963. The van der Waals surface area contributed by atoms with Gasteiger partial charge in [0, 0.05) is 11.0 Å². The van der Waals surface area contributed by atoms with Gasteiger partial charge in [0.25, 0.3) is 0 Å². The molecule has 0 aliphatic rings. The van der Waals surface area contributed by atoms with Crippen LogP contribution >= 0.6 is 15.9 Å². The molecule has 0 bridgehead atoms. The molecule has 1 amide bonds. The molecule has 0 aromatic heterocycles. The maximum absolute atomic E-state index is 11.8. The van der Waals surface area contributed by atoms with Crippen LogP contribution in [0.2, 0.25) is 0 Å². The molecule has 0 N–H and O–H groups in total. The summed E-state index contributed by atoms with van der Waals surface area (Å²) in [6.07, 6.45) is 0.350. The molecule has 0 aliphatic carbocycles. The first kappa shape index (κ1) is 12.7. The van der Waals surface area contributed by atoms with Crippen molar-refractivity contribution in [2.24, 2.45) is 0 Å². The average Bonchev–Trinajstić information content (AvgIpc) is 2.29. The Bertz CT molecular complexity index is 394. The lowest BCUT2D eigenvalue weighted by Crippen LogP contribution is -2.32. The highest BCUT2D eigenvalue weighted by Crippen LogP contribution is 2.11. The highest BCUT2D eigenvalue weighted by molar-refractivity contribution is 9.10. The van der Waals surface area contributed by atoms with E-state index in [0.29, 0.717) is 13.0 Å². The van der Waals surface area contributed by atoms with Crippen molar-refractivity contribution in [2.45, 2.75) is 13.3 Å². The van der Waals surface area contributed by atoms with Crippen LogP contribution in [-0.4, -0.2) is 23.9 Å². The summed E-state index contributed by atoms with van der Waals surface area (Å²) in [5.74, 6) is -0.00799. The highest BCUT2D eigenvalue weighted by Gasteiger charge is 2.11. The van der Waals surface area contributed by atoms with E-state index in [2.05, 4.69) is 15.9 Å². The molecule has 1 rings (SSSR count). The summed E-state index contributed by atoms with van der Waals surface area (Å²) in [6, 6.07) is 9.61. The number of amides is 1. The van der Waals surface area contributed by atoms with Gasteiger partial charge in [-0.2, -0.15) is 5.26 Å². The van der Waals surface area contributed by atoms with Crippen molar-refractivity contribution in [1.82, 2.24) is 4.90 Å². The smallest absolute Gasteiger partial charge is 0.227 e. The number of nitrogens with zero attached hydrogens (tertiary/aromatic N) is 2. The predicted octanol–water partition coefficient (Wildman–Crippen LogP) is 2.36. The first-order valence-electron chi connectivity index (χ1n) is 5.06. The number of benzene rings is 1. The zero-order valence-corrected chi connectivity index (χ0v) is 10.7. The molecule has 0 aliphatic heterocycles. The van der Waals surface area contributed by atoms with Crippen molar-refractivity contribution in [1.29, 1.82) is 5.26 Å². The van der Waals surface area contributed by atoms with Crippen molar-refractivity contribution in [3.05, 3.63) is 34.3 Å². The third kappa shape index (κ3) is 3.67. The summed E-state index contributed by atoms with van der Waals surface area (Å²) in [4.78, 5) is 13.3. The summed E-state index contributed by atoms with van der Waals surface area (Å²) >= 11 is 3.34. The number of carbonyl (C=O) groups is 1. The quantitative estimate of drug-likeness (QED) is 0.795. The Morgan fingerprint density at radius 3 is 2.56 bits per heavy atom. The monoisotopic (exact) mass is 280 g/mol. The SMILES string of the molecule is CCN(CC#N)C(=O)Cc1ccc(Br)cc1. The predicted molar refractivity (Wildman–Crippen MR) is 65.7 cm³/mol. The van der Waals surface area contributed by atoms with Crippen molar-refractivity contribution < 1.29 is 4.79 Å². The molecule has 1 aromatic carbocycles. The Morgan fingerprint density at radius 2 is 2.06 bits per heavy atom. The van der Waals surface area contributed by atoms with Crippen LogP contribution in [0.4, 0.5) is 0 Å². The Morgan fingerprint density at radius 1 is 1.44 bits per heavy atom. The molecule has 0 spiro atoms. The minimum absolute atomic E-state index is 0.00799. The van der Waals surface area contributed by atoms with E-state index in [1.165, 1.54) is 0 Å². The van der Waals surface area contributed by atoms with E-state index >= 15 is 0 Å². The van der Waals surface area contributed by atoms with Crippen molar-refractivity contribution >= 4 is 21.8 Å². The minimum Gasteiger partial charge on any atom is -0.329 e. The fraction of sp³-hybridized carbons (Fsp3) is 0.333. The van der Waals surface area contributed by atoms with Gasteiger partial charge in [0.2, 0.25) is 5.91 Å². The van der Waals surface area contributed by atoms with Crippen LogP contribution in [0, 0.1) is 11.3 Å². The molecule has 3 nitrogen and oxygen atoms in total. The Labute approximate surface area is 104 Å². The van der Waals surface area contributed by atoms with Gasteiger partial charge >= 0.3 is 0 Å². The van der Waals surface area contributed by atoms with Gasteiger partial charge in [-0.25, -0.2) is 0 Å². The third-order valence-electron chi connectivity index (χ3n) is 2.26. The molecule has 0 fully saturated rings. The zero-order chi connectivity index (χ0) is 12.0. The first-order valence-corrected chi connectivity index (χ1v) is 5.85. The van der Waals surface area contributed by atoms with Gasteiger partial charge in [-0.1, -0.05) is 28.1 Å². The fourth-order valence-electron chi connectivity index (χ4n) is 1.35. The average molecular weight is 281 g/mol. The molecule has 16 heavy (non-hydrogen) atoms. The molecule has 1 aromatic rings. The van der Waals surface area contributed by atoms with Gasteiger partial charge in [0.1, 0.15) is 6.54 Å². The number of rotatable bonds is 4. The Hall–Kier alpha value is -1.34. The second-order valence-corrected chi connectivity index (χ2v) is 4.28. The molecule has 84 valence electrons. The van der Waals surface area contributed by atoms with E-state index in [4.69, 9.17) is 5.26 Å². The molecular weight excluding hydrogens is 268 g/mol. The van der Waals surface area contributed by atoms with Crippen molar-refractivity contribution in [2.75, 3.05) is 13.1 Å². The van der Waals surface area contributed by atoms with Crippen LogP contribution in [0.5, 0.6) is 0 Å². The number of hydrogen-bond donors (Lipinski definition) is 0. The molecular formula is C12H13BrN2O. The van der Waals surface area contributed by atoms with Crippen LogP contribution in [-0.2, 0) is 11.2 Å². The largest absolute Gasteiger partial charge is 0.329 e. The third-order valence-corrected chi connectivity index (χ3v) is 2.79. The lowest BCUT2D eigenvalue weighted by atomic mass is 10.1. The molecule has 0 heterocycles. The maximum Gasteiger partial charge on any atom is 0.227 e. The Balaban J connectivity index is 2.63. The summed E-state index contributed by atoms with van der Waals surface area (Å²) < 4.78 is 0.994. The van der Waals surface area contributed by atoms with Crippen molar-refractivity contribution in [3.63, 3.8) is 0 Å². The van der Waals surface area contributed by atoms with E-state index < -0.39 is 0 Å². The second kappa shape index (κ2) is 6.29. The van der Waals surface area contributed by atoms with Crippen LogP contribution in [0.15, 0.2) is 28.7 Å². The second-order valence-electron chi connectivity index (χ2n) is 3.37.